The van der Waals surface area contributed by atoms with E-state index in [0.29, 0.717) is 19.4 Å². The van der Waals surface area contributed by atoms with Gasteiger partial charge in [0.15, 0.2) is 0 Å². The molecule has 0 bridgehead atoms. The van der Waals surface area contributed by atoms with E-state index in [1.165, 1.54) is 6.08 Å². The summed E-state index contributed by atoms with van der Waals surface area (Å²) in [4.78, 5) is 10.8. The van der Waals surface area contributed by atoms with Gasteiger partial charge in [-0.15, -0.1) is 0 Å². The minimum atomic E-state index is -2.49. The van der Waals surface area contributed by atoms with Crippen LogP contribution in [0, 0.1) is 5.92 Å². The predicted molar refractivity (Wildman–Crippen MR) is 50.1 cm³/mol. The van der Waals surface area contributed by atoms with Gasteiger partial charge in [0.1, 0.15) is 0 Å². The molecule has 0 aromatic carbocycles. The first-order valence-corrected chi connectivity index (χ1v) is 4.81. The Morgan fingerprint density at radius 3 is 2.57 bits per heavy atom. The molecular weight excluding hydrogens is 188 g/mol. The van der Waals surface area contributed by atoms with Crippen molar-refractivity contribution in [3.63, 3.8) is 0 Å². The third-order valence-corrected chi connectivity index (χ3v) is 2.59. The van der Waals surface area contributed by atoms with E-state index in [2.05, 4.69) is 11.9 Å². The molecule has 0 saturated heterocycles. The van der Waals surface area contributed by atoms with Crippen LogP contribution >= 0.6 is 0 Å². The highest BCUT2D eigenvalue weighted by Crippen LogP contribution is 2.35. The first-order chi connectivity index (χ1) is 6.53. The van der Waals surface area contributed by atoms with Crippen LogP contribution in [0.25, 0.3) is 0 Å². The number of halogens is 2. The van der Waals surface area contributed by atoms with Gasteiger partial charge in [0.05, 0.1) is 0 Å². The van der Waals surface area contributed by atoms with Crippen LogP contribution in [-0.4, -0.2) is 18.4 Å². The summed E-state index contributed by atoms with van der Waals surface area (Å²) in [6.07, 6.45) is 2.07. The van der Waals surface area contributed by atoms with Crippen LogP contribution in [0.2, 0.25) is 0 Å². The first-order valence-electron chi connectivity index (χ1n) is 4.81. The number of rotatable bonds is 3. The van der Waals surface area contributed by atoms with Gasteiger partial charge in [-0.2, -0.15) is 0 Å². The number of carbonyl (C=O) groups is 1. The Morgan fingerprint density at radius 2 is 2.07 bits per heavy atom. The zero-order chi connectivity index (χ0) is 10.6. The highest BCUT2D eigenvalue weighted by molar-refractivity contribution is 5.86. The van der Waals surface area contributed by atoms with Gasteiger partial charge < -0.3 is 5.32 Å². The van der Waals surface area contributed by atoms with E-state index in [1.54, 1.807) is 0 Å². The zero-order valence-corrected chi connectivity index (χ0v) is 8.06. The standard InChI is InChI=1S/C10H15F2NO/c1-2-9(14)13-7-8-3-5-10(11,12)6-4-8/h2,8H,1,3-7H2,(H,13,14). The van der Waals surface area contributed by atoms with Gasteiger partial charge in [-0.3, -0.25) is 4.79 Å². The molecule has 1 fully saturated rings. The molecule has 0 unspecified atom stereocenters. The van der Waals surface area contributed by atoms with Crippen LogP contribution in [0.1, 0.15) is 25.7 Å². The maximum Gasteiger partial charge on any atom is 0.248 e. The van der Waals surface area contributed by atoms with Crippen molar-refractivity contribution in [3.8, 4) is 0 Å². The van der Waals surface area contributed by atoms with Crippen molar-refractivity contribution >= 4 is 5.91 Å². The van der Waals surface area contributed by atoms with E-state index in [1.807, 2.05) is 0 Å². The molecule has 1 rings (SSSR count). The SMILES string of the molecule is C=CC(=O)NCC1CCC(F)(F)CC1. The molecular formula is C10H15F2NO. The maximum absolute atomic E-state index is 12.7. The lowest BCUT2D eigenvalue weighted by Gasteiger charge is -2.28. The van der Waals surface area contributed by atoms with Crippen molar-refractivity contribution in [2.24, 2.45) is 5.92 Å². The van der Waals surface area contributed by atoms with Crippen molar-refractivity contribution in [2.75, 3.05) is 6.54 Å². The molecule has 14 heavy (non-hydrogen) atoms. The number of hydrogen-bond acceptors (Lipinski definition) is 1. The van der Waals surface area contributed by atoms with Crippen LogP contribution < -0.4 is 5.32 Å². The fourth-order valence-corrected chi connectivity index (χ4v) is 1.62. The molecule has 1 amide bonds. The van der Waals surface area contributed by atoms with Gasteiger partial charge in [-0.25, -0.2) is 8.78 Å². The maximum atomic E-state index is 12.7. The van der Waals surface area contributed by atoms with Crippen molar-refractivity contribution in [2.45, 2.75) is 31.6 Å². The van der Waals surface area contributed by atoms with Crippen LogP contribution in [0.4, 0.5) is 8.78 Å². The smallest absolute Gasteiger partial charge is 0.248 e. The predicted octanol–water partition coefficient (Wildman–Crippen LogP) is 2.11. The van der Waals surface area contributed by atoms with Crippen LogP contribution in [0.5, 0.6) is 0 Å². The molecule has 80 valence electrons. The van der Waals surface area contributed by atoms with Crippen molar-refractivity contribution in [1.82, 2.24) is 5.32 Å². The fraction of sp³-hybridized carbons (Fsp3) is 0.700. The molecule has 1 N–H and O–H groups in total. The quantitative estimate of drug-likeness (QED) is 0.699. The number of hydrogen-bond donors (Lipinski definition) is 1. The van der Waals surface area contributed by atoms with Gasteiger partial charge in [0.2, 0.25) is 11.8 Å². The molecule has 0 atom stereocenters. The zero-order valence-electron chi connectivity index (χ0n) is 8.06. The van der Waals surface area contributed by atoms with Crippen LogP contribution in [0.3, 0.4) is 0 Å². The Kier molecular flexibility index (Phi) is 3.61. The van der Waals surface area contributed by atoms with E-state index in [0.717, 1.165) is 0 Å². The molecule has 1 saturated carbocycles. The van der Waals surface area contributed by atoms with Crippen LogP contribution in [0.15, 0.2) is 12.7 Å². The van der Waals surface area contributed by atoms with Crippen LogP contribution in [-0.2, 0) is 4.79 Å². The normalized spacial score (nSPS) is 21.6. The minimum Gasteiger partial charge on any atom is -0.352 e. The number of nitrogens with one attached hydrogen (secondary N) is 1. The minimum absolute atomic E-state index is 0.0539. The highest BCUT2D eigenvalue weighted by atomic mass is 19.3. The summed E-state index contributed by atoms with van der Waals surface area (Å²) < 4.78 is 25.5. The number of carbonyl (C=O) groups excluding carboxylic acids is 1. The Morgan fingerprint density at radius 1 is 1.50 bits per heavy atom. The molecule has 0 aromatic heterocycles. The largest absolute Gasteiger partial charge is 0.352 e. The Bertz CT molecular complexity index is 218. The first kappa shape index (κ1) is 11.1. The lowest BCUT2D eigenvalue weighted by molar-refractivity contribution is -0.116. The second-order valence-electron chi connectivity index (χ2n) is 3.75. The van der Waals surface area contributed by atoms with Crippen molar-refractivity contribution in [3.05, 3.63) is 12.7 Å². The van der Waals surface area contributed by atoms with Crippen molar-refractivity contribution < 1.29 is 13.6 Å². The van der Waals surface area contributed by atoms with Gasteiger partial charge >= 0.3 is 0 Å². The fourth-order valence-electron chi connectivity index (χ4n) is 1.62. The molecule has 4 heteroatoms. The molecule has 0 aliphatic heterocycles. The lowest BCUT2D eigenvalue weighted by atomic mass is 9.87. The second-order valence-corrected chi connectivity index (χ2v) is 3.75. The molecule has 0 spiro atoms. The van der Waals surface area contributed by atoms with E-state index in [9.17, 15) is 13.6 Å². The monoisotopic (exact) mass is 203 g/mol. The average Bonchev–Trinajstić information content (AvgIpc) is 2.16. The third kappa shape index (κ3) is 3.44. The Balaban J connectivity index is 2.22. The summed E-state index contributed by atoms with van der Waals surface area (Å²) >= 11 is 0. The van der Waals surface area contributed by atoms with E-state index in [4.69, 9.17) is 0 Å². The highest BCUT2D eigenvalue weighted by Gasteiger charge is 2.34. The van der Waals surface area contributed by atoms with Gasteiger partial charge in [0.25, 0.3) is 0 Å². The van der Waals surface area contributed by atoms with Crippen molar-refractivity contribution in [1.29, 1.82) is 0 Å². The van der Waals surface area contributed by atoms with E-state index in [-0.39, 0.29) is 24.7 Å². The Hall–Kier alpha value is -0.930. The number of alkyl halides is 2. The summed E-state index contributed by atoms with van der Waals surface area (Å²) in [5.74, 6) is -2.53. The van der Waals surface area contributed by atoms with Gasteiger partial charge in [-0.1, -0.05) is 6.58 Å². The van der Waals surface area contributed by atoms with E-state index < -0.39 is 5.92 Å². The number of amides is 1. The van der Waals surface area contributed by atoms with E-state index >= 15 is 0 Å². The second kappa shape index (κ2) is 4.53. The molecule has 1 aliphatic carbocycles. The summed E-state index contributed by atoms with van der Waals surface area (Å²) in [7, 11) is 0. The van der Waals surface area contributed by atoms with Gasteiger partial charge in [-0.05, 0) is 24.8 Å². The summed E-state index contributed by atoms with van der Waals surface area (Å²) in [5.41, 5.74) is 0. The average molecular weight is 203 g/mol. The summed E-state index contributed by atoms with van der Waals surface area (Å²) in [6.45, 7) is 3.80. The summed E-state index contributed by atoms with van der Waals surface area (Å²) in [6, 6.07) is 0. The van der Waals surface area contributed by atoms with Gasteiger partial charge in [0, 0.05) is 19.4 Å². The molecule has 0 radical (unpaired) electrons. The lowest BCUT2D eigenvalue weighted by Crippen LogP contribution is -2.33. The topological polar surface area (TPSA) is 29.1 Å². The third-order valence-electron chi connectivity index (χ3n) is 2.59. The molecule has 0 aromatic rings. The molecule has 0 heterocycles. The summed E-state index contributed by atoms with van der Waals surface area (Å²) in [5, 5.41) is 2.63. The molecule has 1 aliphatic rings. The Labute approximate surface area is 82.4 Å². The molecule has 2 nitrogen and oxygen atoms in total.